The zero-order valence-electron chi connectivity index (χ0n) is 14.1. The molecule has 0 fully saturated rings. The summed E-state index contributed by atoms with van der Waals surface area (Å²) in [4.78, 5) is 11.4. The Hall–Kier alpha value is -3.06. The van der Waals surface area contributed by atoms with Gasteiger partial charge in [0.05, 0.1) is 11.1 Å². The number of thiophene rings is 1. The van der Waals surface area contributed by atoms with E-state index < -0.39 is 0 Å². The van der Waals surface area contributed by atoms with Crippen molar-refractivity contribution in [2.45, 2.75) is 13.5 Å². The van der Waals surface area contributed by atoms with Crippen molar-refractivity contribution in [1.29, 1.82) is 0 Å². The van der Waals surface area contributed by atoms with E-state index in [1.165, 1.54) is 4.88 Å². The first-order valence-electron chi connectivity index (χ1n) is 8.29. The predicted molar refractivity (Wildman–Crippen MR) is 101 cm³/mol. The molecule has 0 spiro atoms. The van der Waals surface area contributed by atoms with E-state index in [1.54, 1.807) is 23.7 Å². The fourth-order valence-corrected chi connectivity index (χ4v) is 3.90. The highest BCUT2D eigenvalue weighted by Gasteiger charge is 2.17. The second-order valence-electron chi connectivity index (χ2n) is 6.06. The maximum atomic E-state index is 5.47. The van der Waals surface area contributed by atoms with Crippen LogP contribution in [0.1, 0.15) is 10.4 Å². The minimum Gasteiger partial charge on any atom is -0.454 e. The fraction of sp³-hybridized carbons (Fsp3) is 0.158. The molecule has 0 atom stereocenters. The Balaban J connectivity index is 1.51. The highest BCUT2D eigenvalue weighted by Crippen LogP contribution is 2.35. The molecule has 7 heteroatoms. The fourth-order valence-electron chi connectivity index (χ4n) is 3.05. The van der Waals surface area contributed by atoms with Crippen LogP contribution < -0.4 is 14.8 Å². The lowest BCUT2D eigenvalue weighted by molar-refractivity contribution is 0.174. The summed E-state index contributed by atoms with van der Waals surface area (Å²) in [6.07, 6.45) is 5.47. The maximum absolute atomic E-state index is 5.47. The molecule has 0 saturated carbocycles. The number of fused-ring (bicyclic) bond motifs is 2. The number of rotatable bonds is 4. The van der Waals surface area contributed by atoms with Crippen LogP contribution in [0.3, 0.4) is 0 Å². The lowest BCUT2D eigenvalue weighted by Gasteiger charge is -2.09. The molecular weight excluding hydrogens is 348 g/mol. The molecule has 6 nitrogen and oxygen atoms in total. The average Bonchev–Trinajstić information content (AvgIpc) is 3.37. The minimum atomic E-state index is 0.286. The third-order valence-electron chi connectivity index (χ3n) is 4.30. The maximum Gasteiger partial charge on any atom is 0.231 e. The Labute approximate surface area is 154 Å². The van der Waals surface area contributed by atoms with E-state index in [0.29, 0.717) is 6.54 Å². The first-order valence-corrected chi connectivity index (χ1v) is 9.11. The number of ether oxygens (including phenoxy) is 2. The largest absolute Gasteiger partial charge is 0.454 e. The molecule has 1 aliphatic heterocycles. The number of aromatic nitrogens is 3. The van der Waals surface area contributed by atoms with Crippen LogP contribution in [0.5, 0.6) is 11.5 Å². The van der Waals surface area contributed by atoms with Gasteiger partial charge in [-0.2, -0.15) is 0 Å². The highest BCUT2D eigenvalue weighted by molar-refractivity contribution is 7.15. The van der Waals surface area contributed by atoms with Crippen LogP contribution in [-0.2, 0) is 6.54 Å². The predicted octanol–water partition coefficient (Wildman–Crippen LogP) is 4.11. The van der Waals surface area contributed by atoms with Gasteiger partial charge in [0.2, 0.25) is 6.79 Å². The molecule has 26 heavy (non-hydrogen) atoms. The van der Waals surface area contributed by atoms with E-state index in [4.69, 9.17) is 14.5 Å². The van der Waals surface area contributed by atoms with Gasteiger partial charge in [-0.05, 0) is 36.8 Å². The second kappa shape index (κ2) is 6.03. The van der Waals surface area contributed by atoms with Crippen molar-refractivity contribution in [3.05, 3.63) is 59.4 Å². The van der Waals surface area contributed by atoms with Gasteiger partial charge in [0.15, 0.2) is 17.1 Å². The second-order valence-corrected chi connectivity index (χ2v) is 7.35. The molecule has 1 aromatic carbocycles. The topological polar surface area (TPSA) is 60.7 Å². The van der Waals surface area contributed by atoms with Crippen LogP contribution in [0.4, 0.5) is 5.82 Å². The summed E-state index contributed by atoms with van der Waals surface area (Å²) in [5, 5.41) is 3.53. The average molecular weight is 364 g/mol. The Morgan fingerprint density at radius 2 is 2.12 bits per heavy atom. The normalized spacial score (nSPS) is 12.7. The third kappa shape index (κ3) is 2.57. The molecule has 0 unspecified atom stereocenters. The van der Waals surface area contributed by atoms with Gasteiger partial charge in [0, 0.05) is 23.8 Å². The van der Waals surface area contributed by atoms with Crippen LogP contribution in [0.2, 0.25) is 0 Å². The summed E-state index contributed by atoms with van der Waals surface area (Å²) in [6.45, 7) is 3.05. The molecular formula is C19H16N4O2S. The summed E-state index contributed by atoms with van der Waals surface area (Å²) >= 11 is 1.74. The Bertz CT molecular complexity index is 1100. The molecule has 3 aromatic heterocycles. The zero-order chi connectivity index (χ0) is 17.5. The van der Waals surface area contributed by atoms with Crippen LogP contribution in [0.25, 0.3) is 16.2 Å². The number of benzene rings is 1. The quantitative estimate of drug-likeness (QED) is 0.591. The van der Waals surface area contributed by atoms with Crippen LogP contribution in [0, 0.1) is 6.92 Å². The lowest BCUT2D eigenvalue weighted by atomic mass is 10.2. The van der Waals surface area contributed by atoms with Crippen LogP contribution in [-0.4, -0.2) is 21.2 Å². The smallest absolute Gasteiger partial charge is 0.231 e. The number of nitrogens with one attached hydrogen (secondary N) is 1. The van der Waals surface area contributed by atoms with E-state index in [9.17, 15) is 0 Å². The van der Waals surface area contributed by atoms with Gasteiger partial charge in [-0.3, -0.25) is 9.38 Å². The molecule has 5 rings (SSSR count). The molecule has 0 aliphatic carbocycles. The molecule has 4 heterocycles. The standard InChI is InChI=1S/C19H16N4O2S/c1-12-2-5-16(26-12)18-19(23-7-6-20-10-17(23)22-18)21-9-13-3-4-14-15(8-13)25-11-24-14/h2-8,10,21H,9,11H2,1H3. The Morgan fingerprint density at radius 1 is 1.19 bits per heavy atom. The summed E-state index contributed by atoms with van der Waals surface area (Å²) in [6, 6.07) is 10.2. The van der Waals surface area contributed by atoms with E-state index >= 15 is 0 Å². The number of aryl methyl sites for hydroxylation is 1. The Morgan fingerprint density at radius 3 is 3.00 bits per heavy atom. The minimum absolute atomic E-state index is 0.286. The number of hydrogen-bond donors (Lipinski definition) is 1. The first-order chi connectivity index (χ1) is 12.8. The van der Waals surface area contributed by atoms with Crippen molar-refractivity contribution in [3.8, 4) is 22.1 Å². The molecule has 0 saturated heterocycles. The van der Waals surface area contributed by atoms with E-state index in [1.807, 2.05) is 28.8 Å². The molecule has 130 valence electrons. The zero-order valence-corrected chi connectivity index (χ0v) is 14.9. The summed E-state index contributed by atoms with van der Waals surface area (Å²) in [5.41, 5.74) is 2.88. The van der Waals surface area contributed by atoms with Crippen molar-refractivity contribution in [2.24, 2.45) is 0 Å². The number of imidazole rings is 1. The van der Waals surface area contributed by atoms with Gasteiger partial charge in [-0.15, -0.1) is 11.3 Å². The molecule has 0 bridgehead atoms. The monoisotopic (exact) mass is 364 g/mol. The molecule has 1 N–H and O–H groups in total. The lowest BCUT2D eigenvalue weighted by Crippen LogP contribution is -2.03. The third-order valence-corrected chi connectivity index (χ3v) is 5.31. The van der Waals surface area contributed by atoms with E-state index in [-0.39, 0.29) is 6.79 Å². The summed E-state index contributed by atoms with van der Waals surface area (Å²) in [7, 11) is 0. The van der Waals surface area contributed by atoms with Gasteiger partial charge in [0.1, 0.15) is 11.5 Å². The van der Waals surface area contributed by atoms with Gasteiger partial charge >= 0.3 is 0 Å². The van der Waals surface area contributed by atoms with Gasteiger partial charge < -0.3 is 14.8 Å². The van der Waals surface area contributed by atoms with Crippen LogP contribution in [0.15, 0.2) is 48.9 Å². The molecule has 1 aliphatic rings. The SMILES string of the molecule is Cc1ccc(-c2nc3cnccn3c2NCc2ccc3c(c2)OCO3)s1. The number of anilines is 1. The molecule has 4 aromatic rings. The van der Waals surface area contributed by atoms with Crippen molar-refractivity contribution in [2.75, 3.05) is 12.1 Å². The summed E-state index contributed by atoms with van der Waals surface area (Å²) < 4.78 is 12.9. The first kappa shape index (κ1) is 15.2. The van der Waals surface area contributed by atoms with Gasteiger partial charge in [-0.1, -0.05) is 6.07 Å². The molecule has 0 amide bonds. The summed E-state index contributed by atoms with van der Waals surface area (Å²) in [5.74, 6) is 2.55. The molecule has 0 radical (unpaired) electrons. The van der Waals surface area contributed by atoms with E-state index in [2.05, 4.69) is 29.4 Å². The van der Waals surface area contributed by atoms with Gasteiger partial charge in [-0.25, -0.2) is 4.98 Å². The van der Waals surface area contributed by atoms with Crippen molar-refractivity contribution in [1.82, 2.24) is 14.4 Å². The number of nitrogens with zero attached hydrogens (tertiary/aromatic N) is 3. The number of hydrogen-bond acceptors (Lipinski definition) is 6. The van der Waals surface area contributed by atoms with Crippen molar-refractivity contribution >= 4 is 22.8 Å². The van der Waals surface area contributed by atoms with Gasteiger partial charge in [0.25, 0.3) is 0 Å². The van der Waals surface area contributed by atoms with Crippen LogP contribution >= 0.6 is 11.3 Å². The van der Waals surface area contributed by atoms with Crippen molar-refractivity contribution < 1.29 is 9.47 Å². The van der Waals surface area contributed by atoms with Crippen molar-refractivity contribution in [3.63, 3.8) is 0 Å². The highest BCUT2D eigenvalue weighted by atomic mass is 32.1. The Kier molecular flexibility index (Phi) is 3.53. The van der Waals surface area contributed by atoms with E-state index in [0.717, 1.165) is 39.1 Å².